The number of hydrogen-bond acceptors (Lipinski definition) is 6. The van der Waals surface area contributed by atoms with Gasteiger partial charge in [-0.05, 0) is 61.9 Å². The number of nitrogens with zero attached hydrogens (tertiary/aromatic N) is 2. The molecule has 0 unspecified atom stereocenters. The Labute approximate surface area is 195 Å². The number of thiophene rings is 1. The van der Waals surface area contributed by atoms with Crippen LogP contribution in [0.5, 0.6) is 5.75 Å². The van der Waals surface area contributed by atoms with Crippen LogP contribution in [0.4, 0.5) is 0 Å². The van der Waals surface area contributed by atoms with E-state index in [9.17, 15) is 9.90 Å². The van der Waals surface area contributed by atoms with Gasteiger partial charge >= 0.3 is 0 Å². The lowest BCUT2D eigenvalue weighted by Crippen LogP contribution is -2.48. The Balaban J connectivity index is 1.70. The summed E-state index contributed by atoms with van der Waals surface area (Å²) in [6.45, 7) is 9.50. The van der Waals surface area contributed by atoms with Gasteiger partial charge in [0.1, 0.15) is 12.4 Å². The minimum atomic E-state index is -0.598. The molecule has 2 aromatic rings. The summed E-state index contributed by atoms with van der Waals surface area (Å²) in [6.07, 6.45) is 1.20. The minimum Gasteiger partial charge on any atom is -0.491 e. The SMILES string of the molecule is CCCN(CC(=O)N1CCc2sccc2[C@H]1COc1ccccc1C)C[C@H](O)COCC. The molecule has 6 nitrogen and oxygen atoms in total. The van der Waals surface area contributed by atoms with Crippen LogP contribution in [0.3, 0.4) is 0 Å². The molecule has 0 aliphatic carbocycles. The molecule has 0 bridgehead atoms. The molecule has 3 rings (SSSR count). The van der Waals surface area contributed by atoms with Crippen LogP contribution in [0.25, 0.3) is 0 Å². The molecule has 1 N–H and O–H groups in total. The van der Waals surface area contributed by atoms with E-state index in [2.05, 4.69) is 18.4 Å². The fraction of sp³-hybridized carbons (Fsp3) is 0.560. The van der Waals surface area contributed by atoms with Crippen molar-refractivity contribution >= 4 is 17.2 Å². The van der Waals surface area contributed by atoms with E-state index in [1.54, 1.807) is 11.3 Å². The molecule has 0 saturated carbocycles. The highest BCUT2D eigenvalue weighted by Gasteiger charge is 2.33. The average Bonchev–Trinajstić information content (AvgIpc) is 3.26. The lowest BCUT2D eigenvalue weighted by molar-refractivity contribution is -0.136. The molecule has 1 aliphatic heterocycles. The molecule has 1 aliphatic rings. The van der Waals surface area contributed by atoms with E-state index < -0.39 is 6.10 Å². The zero-order valence-corrected chi connectivity index (χ0v) is 20.3. The quantitative estimate of drug-likeness (QED) is 0.524. The summed E-state index contributed by atoms with van der Waals surface area (Å²) in [5, 5.41) is 12.4. The highest BCUT2D eigenvalue weighted by atomic mass is 32.1. The molecular formula is C25H36N2O4S. The molecular weight excluding hydrogens is 424 g/mol. The Morgan fingerprint density at radius 2 is 2.12 bits per heavy atom. The van der Waals surface area contributed by atoms with E-state index in [1.165, 1.54) is 10.4 Å². The Morgan fingerprint density at radius 3 is 2.88 bits per heavy atom. The van der Waals surface area contributed by atoms with Crippen molar-refractivity contribution < 1.29 is 19.4 Å². The van der Waals surface area contributed by atoms with Crippen molar-refractivity contribution in [2.45, 2.75) is 45.8 Å². The molecule has 1 aromatic carbocycles. The second-order valence-electron chi connectivity index (χ2n) is 8.28. The molecule has 32 heavy (non-hydrogen) atoms. The van der Waals surface area contributed by atoms with Crippen molar-refractivity contribution in [2.75, 3.05) is 46.0 Å². The van der Waals surface area contributed by atoms with E-state index in [0.29, 0.717) is 32.9 Å². The summed E-state index contributed by atoms with van der Waals surface area (Å²) in [7, 11) is 0. The highest BCUT2D eigenvalue weighted by molar-refractivity contribution is 7.10. The summed E-state index contributed by atoms with van der Waals surface area (Å²) in [4.78, 5) is 18.8. The van der Waals surface area contributed by atoms with E-state index in [0.717, 1.165) is 30.7 Å². The van der Waals surface area contributed by atoms with Gasteiger partial charge in [0.2, 0.25) is 5.91 Å². The van der Waals surface area contributed by atoms with Crippen molar-refractivity contribution in [1.82, 2.24) is 9.80 Å². The third kappa shape index (κ3) is 6.54. The van der Waals surface area contributed by atoms with Crippen LogP contribution in [-0.2, 0) is 16.0 Å². The number of aliphatic hydroxyl groups is 1. The van der Waals surface area contributed by atoms with Crippen LogP contribution in [0, 0.1) is 6.92 Å². The number of carbonyl (C=O) groups excluding carboxylic acids is 1. The molecule has 0 radical (unpaired) electrons. The summed E-state index contributed by atoms with van der Waals surface area (Å²) < 4.78 is 11.5. The van der Waals surface area contributed by atoms with Gasteiger partial charge in [-0.3, -0.25) is 9.69 Å². The van der Waals surface area contributed by atoms with Gasteiger partial charge in [0.05, 0.1) is 25.3 Å². The van der Waals surface area contributed by atoms with Gasteiger partial charge in [-0.15, -0.1) is 11.3 Å². The predicted octanol–water partition coefficient (Wildman–Crippen LogP) is 3.67. The average molecular weight is 461 g/mol. The van der Waals surface area contributed by atoms with Crippen LogP contribution in [0.15, 0.2) is 35.7 Å². The maximum absolute atomic E-state index is 13.4. The van der Waals surface area contributed by atoms with Crippen LogP contribution in [0.2, 0.25) is 0 Å². The summed E-state index contributed by atoms with van der Waals surface area (Å²) in [5.74, 6) is 0.936. The fourth-order valence-electron chi connectivity index (χ4n) is 4.20. The molecule has 2 heterocycles. The minimum absolute atomic E-state index is 0.0808. The smallest absolute Gasteiger partial charge is 0.237 e. The Hall–Kier alpha value is -1.93. The van der Waals surface area contributed by atoms with Gasteiger partial charge in [0.25, 0.3) is 0 Å². The molecule has 0 fully saturated rings. The molecule has 0 spiro atoms. The van der Waals surface area contributed by atoms with Crippen molar-refractivity contribution in [3.63, 3.8) is 0 Å². The third-order valence-electron chi connectivity index (χ3n) is 5.79. The van der Waals surface area contributed by atoms with Crippen molar-refractivity contribution in [2.24, 2.45) is 0 Å². The number of hydrogen-bond donors (Lipinski definition) is 1. The van der Waals surface area contributed by atoms with Crippen LogP contribution >= 0.6 is 11.3 Å². The van der Waals surface area contributed by atoms with Gasteiger partial charge in [-0.2, -0.15) is 0 Å². The second-order valence-corrected chi connectivity index (χ2v) is 9.28. The molecule has 1 amide bonds. The number of fused-ring (bicyclic) bond motifs is 1. The van der Waals surface area contributed by atoms with Gasteiger partial charge in [-0.25, -0.2) is 0 Å². The first-order valence-corrected chi connectivity index (χ1v) is 12.4. The van der Waals surface area contributed by atoms with Gasteiger partial charge in [0.15, 0.2) is 0 Å². The van der Waals surface area contributed by atoms with Crippen molar-refractivity contribution in [3.8, 4) is 5.75 Å². The maximum atomic E-state index is 13.4. The number of aryl methyl sites for hydroxylation is 1. The van der Waals surface area contributed by atoms with Gasteiger partial charge < -0.3 is 19.5 Å². The summed E-state index contributed by atoms with van der Waals surface area (Å²) >= 11 is 1.75. The topological polar surface area (TPSA) is 62.2 Å². The number of amides is 1. The molecule has 176 valence electrons. The number of benzene rings is 1. The number of aliphatic hydroxyl groups excluding tert-OH is 1. The monoisotopic (exact) mass is 460 g/mol. The van der Waals surface area contributed by atoms with Gasteiger partial charge in [0, 0.05) is 24.6 Å². The standard InChI is InChI=1S/C25H36N2O4S/c1-4-12-26(15-20(28)17-30-5-2)16-25(29)27-13-10-24-21(11-14-32-24)22(27)18-31-23-9-7-6-8-19(23)3/h6-9,11,14,20,22,28H,4-5,10,12-13,15-18H2,1-3H3/t20-,22+/m0/s1. The summed E-state index contributed by atoms with van der Waals surface area (Å²) in [5.41, 5.74) is 2.28. The molecule has 7 heteroatoms. The Bertz CT molecular complexity index is 856. The third-order valence-corrected chi connectivity index (χ3v) is 6.78. The van der Waals surface area contributed by atoms with Crippen LogP contribution in [0.1, 0.15) is 42.3 Å². The highest BCUT2D eigenvalue weighted by Crippen LogP contribution is 2.34. The summed E-state index contributed by atoms with van der Waals surface area (Å²) in [6, 6.07) is 10.00. The lowest BCUT2D eigenvalue weighted by atomic mass is 10.00. The second kappa shape index (κ2) is 12.3. The first kappa shape index (κ1) is 24.7. The number of rotatable bonds is 12. The number of ether oxygens (including phenoxy) is 2. The molecule has 2 atom stereocenters. The lowest BCUT2D eigenvalue weighted by Gasteiger charge is -2.37. The van der Waals surface area contributed by atoms with Crippen molar-refractivity contribution in [1.29, 1.82) is 0 Å². The van der Waals surface area contributed by atoms with Crippen LogP contribution < -0.4 is 4.74 Å². The fourth-order valence-corrected chi connectivity index (χ4v) is 5.13. The number of para-hydroxylation sites is 1. The largest absolute Gasteiger partial charge is 0.491 e. The van der Waals surface area contributed by atoms with Gasteiger partial charge in [-0.1, -0.05) is 25.1 Å². The Morgan fingerprint density at radius 1 is 1.31 bits per heavy atom. The predicted molar refractivity (Wildman–Crippen MR) is 128 cm³/mol. The first-order valence-electron chi connectivity index (χ1n) is 11.6. The van der Waals surface area contributed by atoms with E-state index >= 15 is 0 Å². The number of carbonyl (C=O) groups is 1. The molecule has 1 aromatic heterocycles. The zero-order chi connectivity index (χ0) is 22.9. The zero-order valence-electron chi connectivity index (χ0n) is 19.5. The first-order chi connectivity index (χ1) is 15.5. The van der Waals surface area contributed by atoms with Crippen LogP contribution in [-0.4, -0.2) is 72.9 Å². The molecule has 0 saturated heterocycles. The maximum Gasteiger partial charge on any atom is 0.237 e. The normalized spacial score (nSPS) is 16.8. The van der Waals surface area contributed by atoms with E-state index in [-0.39, 0.29) is 18.5 Å². The van der Waals surface area contributed by atoms with E-state index in [4.69, 9.17) is 9.47 Å². The van der Waals surface area contributed by atoms with E-state index in [1.807, 2.05) is 47.9 Å². The Kier molecular flexibility index (Phi) is 9.53. The van der Waals surface area contributed by atoms with Crippen molar-refractivity contribution in [3.05, 3.63) is 51.7 Å².